The van der Waals surface area contributed by atoms with E-state index in [9.17, 15) is 4.79 Å². The average molecular weight is 420 g/mol. The summed E-state index contributed by atoms with van der Waals surface area (Å²) >= 11 is 0. The summed E-state index contributed by atoms with van der Waals surface area (Å²) in [6.45, 7) is 8.59. The van der Waals surface area contributed by atoms with Gasteiger partial charge in [-0.05, 0) is 74.2 Å². The van der Waals surface area contributed by atoms with Gasteiger partial charge in [0.1, 0.15) is 6.10 Å². The molecule has 0 spiro atoms. The third kappa shape index (κ3) is 2.64. The minimum absolute atomic E-state index is 0.0698. The molecule has 2 fully saturated rings. The number of allylic oxidation sites excluding steroid dienone is 1. The van der Waals surface area contributed by atoms with Crippen molar-refractivity contribution in [3.63, 3.8) is 0 Å². The number of aryl methyl sites for hydroxylation is 1. The molecule has 0 N–H and O–H groups in total. The SMILES string of the molecule is CC(=O)O[C@H]1CC[C@@]2(C)C(=CC[C@@H]3[C@@H]2CC[C@]2(C)c4c(cnc5cc(C)nn45)C[C@@H]32)C1. The molecule has 5 heteroatoms. The van der Waals surface area contributed by atoms with Crippen LogP contribution >= 0.6 is 0 Å². The number of esters is 1. The van der Waals surface area contributed by atoms with Gasteiger partial charge in [-0.3, -0.25) is 4.79 Å². The van der Waals surface area contributed by atoms with Crippen LogP contribution in [0.15, 0.2) is 23.9 Å². The molecular formula is C26H33N3O2. The van der Waals surface area contributed by atoms with E-state index in [2.05, 4.69) is 43.6 Å². The smallest absolute Gasteiger partial charge is 0.302 e. The van der Waals surface area contributed by atoms with Crippen molar-refractivity contribution < 1.29 is 9.53 Å². The van der Waals surface area contributed by atoms with Crippen molar-refractivity contribution in [1.82, 2.24) is 14.6 Å². The first-order valence-electron chi connectivity index (χ1n) is 12.0. The Hall–Kier alpha value is -2.17. The van der Waals surface area contributed by atoms with E-state index < -0.39 is 0 Å². The molecule has 2 aromatic rings. The molecule has 6 atom stereocenters. The van der Waals surface area contributed by atoms with Gasteiger partial charge >= 0.3 is 5.97 Å². The van der Waals surface area contributed by atoms with Gasteiger partial charge in [0.2, 0.25) is 0 Å². The molecule has 0 saturated heterocycles. The van der Waals surface area contributed by atoms with Gasteiger partial charge in [-0.1, -0.05) is 25.5 Å². The molecule has 31 heavy (non-hydrogen) atoms. The van der Waals surface area contributed by atoms with Crippen molar-refractivity contribution in [2.24, 2.45) is 23.2 Å². The highest BCUT2D eigenvalue weighted by Crippen LogP contribution is 2.64. The molecule has 0 aromatic carbocycles. The van der Waals surface area contributed by atoms with Crippen molar-refractivity contribution in [3.05, 3.63) is 40.9 Å². The van der Waals surface area contributed by atoms with Gasteiger partial charge in [-0.2, -0.15) is 5.10 Å². The van der Waals surface area contributed by atoms with E-state index in [1.54, 1.807) is 5.57 Å². The summed E-state index contributed by atoms with van der Waals surface area (Å²) < 4.78 is 7.75. The first kappa shape index (κ1) is 19.5. The quantitative estimate of drug-likeness (QED) is 0.485. The number of rotatable bonds is 1. The molecule has 0 bridgehead atoms. The van der Waals surface area contributed by atoms with Gasteiger partial charge in [0, 0.05) is 31.0 Å². The van der Waals surface area contributed by atoms with Crippen LogP contribution in [-0.2, 0) is 21.4 Å². The van der Waals surface area contributed by atoms with Crippen LogP contribution < -0.4 is 0 Å². The van der Waals surface area contributed by atoms with Gasteiger partial charge in [-0.25, -0.2) is 9.50 Å². The molecule has 2 aromatic heterocycles. The Kier molecular flexibility index (Phi) is 4.05. The summed E-state index contributed by atoms with van der Waals surface area (Å²) in [7, 11) is 0. The third-order valence-electron chi connectivity index (χ3n) is 9.44. The fraction of sp³-hybridized carbons (Fsp3) is 0.654. The second-order valence-electron chi connectivity index (χ2n) is 11.1. The molecule has 0 radical (unpaired) electrons. The highest BCUT2D eigenvalue weighted by molar-refractivity contribution is 5.66. The molecule has 164 valence electrons. The maximum Gasteiger partial charge on any atom is 0.302 e. The summed E-state index contributed by atoms with van der Waals surface area (Å²) in [4.78, 5) is 16.2. The second kappa shape index (κ2) is 6.43. The number of fused-ring (bicyclic) bond motifs is 9. The topological polar surface area (TPSA) is 56.5 Å². The number of carbonyl (C=O) groups is 1. The zero-order chi connectivity index (χ0) is 21.5. The maximum atomic E-state index is 11.5. The molecule has 0 unspecified atom stereocenters. The molecule has 0 amide bonds. The molecule has 4 aliphatic rings. The van der Waals surface area contributed by atoms with E-state index in [1.807, 2.05) is 0 Å². The number of carbonyl (C=O) groups excluding carboxylic acids is 1. The fourth-order valence-electron chi connectivity index (χ4n) is 8.03. The van der Waals surface area contributed by atoms with Crippen LogP contribution in [0.5, 0.6) is 0 Å². The summed E-state index contributed by atoms with van der Waals surface area (Å²) in [5.74, 6) is 1.94. The van der Waals surface area contributed by atoms with Gasteiger partial charge < -0.3 is 4.74 Å². The Balaban J connectivity index is 1.36. The minimum Gasteiger partial charge on any atom is -0.462 e. The zero-order valence-corrected chi connectivity index (χ0v) is 19.1. The normalized spacial score (nSPS) is 38.6. The highest BCUT2D eigenvalue weighted by atomic mass is 16.5. The van der Waals surface area contributed by atoms with Crippen LogP contribution in [0.25, 0.3) is 5.65 Å². The van der Waals surface area contributed by atoms with Crippen molar-refractivity contribution in [3.8, 4) is 0 Å². The first-order chi connectivity index (χ1) is 14.8. The first-order valence-corrected chi connectivity index (χ1v) is 12.0. The molecule has 2 heterocycles. The predicted molar refractivity (Wildman–Crippen MR) is 119 cm³/mol. The Labute approximate surface area is 184 Å². The van der Waals surface area contributed by atoms with Crippen molar-refractivity contribution in [2.45, 2.75) is 84.2 Å². The lowest BCUT2D eigenvalue weighted by Crippen LogP contribution is -2.51. The van der Waals surface area contributed by atoms with E-state index >= 15 is 0 Å². The second-order valence-corrected chi connectivity index (χ2v) is 11.1. The van der Waals surface area contributed by atoms with E-state index in [0.29, 0.717) is 11.8 Å². The summed E-state index contributed by atoms with van der Waals surface area (Å²) in [5.41, 5.74) is 6.84. The van der Waals surface area contributed by atoms with E-state index in [-0.39, 0.29) is 22.9 Å². The van der Waals surface area contributed by atoms with Crippen LogP contribution in [0.4, 0.5) is 0 Å². The summed E-state index contributed by atoms with van der Waals surface area (Å²) in [6.07, 6.45) is 12.6. The van der Waals surface area contributed by atoms with E-state index in [4.69, 9.17) is 14.8 Å². The fourth-order valence-corrected chi connectivity index (χ4v) is 8.03. The van der Waals surface area contributed by atoms with Gasteiger partial charge in [0.15, 0.2) is 5.65 Å². The molecule has 4 aliphatic carbocycles. The predicted octanol–water partition coefficient (Wildman–Crippen LogP) is 4.95. The summed E-state index contributed by atoms with van der Waals surface area (Å²) in [6, 6.07) is 2.10. The Bertz CT molecular complexity index is 1120. The minimum atomic E-state index is -0.145. The molecule has 5 nitrogen and oxygen atoms in total. The standard InChI is InChI=1S/C26H33N3O2/c1-15-11-23-27-14-17-12-22-20-6-5-18-13-19(31-16(2)30)7-9-25(18,3)21(20)8-10-26(22,4)24(17)29(23)28-15/h5,11,14,19-22H,6-10,12-13H2,1-4H3/t19-,20+,21-,22-,25-,26-/m0/s1. The van der Waals surface area contributed by atoms with Crippen molar-refractivity contribution in [2.75, 3.05) is 0 Å². The summed E-state index contributed by atoms with van der Waals surface area (Å²) in [5, 5.41) is 4.84. The third-order valence-corrected chi connectivity index (χ3v) is 9.44. The van der Waals surface area contributed by atoms with E-state index in [1.165, 1.54) is 31.0 Å². The lowest BCUT2D eigenvalue weighted by Gasteiger charge is -2.57. The van der Waals surface area contributed by atoms with Crippen LogP contribution in [-0.4, -0.2) is 26.7 Å². The Morgan fingerprint density at radius 3 is 2.77 bits per heavy atom. The molecule has 2 saturated carbocycles. The Morgan fingerprint density at radius 2 is 1.97 bits per heavy atom. The van der Waals surface area contributed by atoms with Gasteiger partial charge in [0.05, 0.1) is 11.4 Å². The molecular weight excluding hydrogens is 386 g/mol. The number of ether oxygens (including phenoxy) is 1. The van der Waals surface area contributed by atoms with Crippen molar-refractivity contribution in [1.29, 1.82) is 0 Å². The largest absolute Gasteiger partial charge is 0.462 e. The van der Waals surface area contributed by atoms with Crippen molar-refractivity contribution >= 4 is 11.6 Å². The van der Waals surface area contributed by atoms with Crippen LogP contribution in [0.1, 0.15) is 76.2 Å². The van der Waals surface area contributed by atoms with Crippen LogP contribution in [0.3, 0.4) is 0 Å². The molecule has 0 aliphatic heterocycles. The number of hydrogen-bond donors (Lipinski definition) is 0. The highest BCUT2D eigenvalue weighted by Gasteiger charge is 2.58. The zero-order valence-electron chi connectivity index (χ0n) is 19.1. The van der Waals surface area contributed by atoms with Crippen LogP contribution in [0, 0.1) is 30.1 Å². The number of hydrogen-bond acceptors (Lipinski definition) is 4. The lowest BCUT2D eigenvalue weighted by atomic mass is 9.48. The van der Waals surface area contributed by atoms with Crippen LogP contribution in [0.2, 0.25) is 0 Å². The number of nitrogens with zero attached hydrogens (tertiary/aromatic N) is 3. The Morgan fingerprint density at radius 1 is 1.16 bits per heavy atom. The average Bonchev–Trinajstić information content (AvgIpc) is 3.23. The number of aromatic nitrogens is 3. The van der Waals surface area contributed by atoms with E-state index in [0.717, 1.165) is 49.4 Å². The van der Waals surface area contributed by atoms with Gasteiger partial charge in [-0.15, -0.1) is 0 Å². The maximum absolute atomic E-state index is 11.5. The monoisotopic (exact) mass is 419 g/mol. The lowest BCUT2D eigenvalue weighted by molar-refractivity contribution is -0.148. The van der Waals surface area contributed by atoms with Gasteiger partial charge in [0.25, 0.3) is 0 Å². The molecule has 6 rings (SSSR count).